The van der Waals surface area contributed by atoms with Crippen LogP contribution in [-0.4, -0.2) is 47.4 Å². The van der Waals surface area contributed by atoms with Gasteiger partial charge in [-0.2, -0.15) is 0 Å². The molecule has 2 aliphatic heterocycles. The van der Waals surface area contributed by atoms with E-state index in [0.717, 1.165) is 18.7 Å². The van der Waals surface area contributed by atoms with E-state index in [0.29, 0.717) is 18.5 Å². The molecule has 3 unspecified atom stereocenters. The lowest BCUT2D eigenvalue weighted by atomic mass is 9.96. The van der Waals surface area contributed by atoms with Gasteiger partial charge in [-0.1, -0.05) is 36.8 Å². The molecule has 1 amide bonds. The topological polar surface area (TPSA) is 49.6 Å². The smallest absolute Gasteiger partial charge is 0.224 e. The molecular weight excluding hydrogens is 274 g/mol. The van der Waals surface area contributed by atoms with Gasteiger partial charge in [0.05, 0.1) is 0 Å². The number of amides is 1. The molecule has 2 saturated heterocycles. The number of hydrogen-bond acceptors (Lipinski definition) is 3. The minimum absolute atomic E-state index is 0.203. The molecule has 2 N–H and O–H groups in total. The molecular formula is C18H27N3O. The van der Waals surface area contributed by atoms with Crippen LogP contribution >= 0.6 is 0 Å². The van der Waals surface area contributed by atoms with Gasteiger partial charge in [-0.05, 0) is 31.9 Å². The minimum Gasteiger partial charge on any atom is -0.337 e. The standard InChI is InChI=1S/C18H27N3O/c1-14-12-20-10-6-5-9-16(20)13-21(14)18(22)11-17(19)15-7-3-2-4-8-15/h2-4,7-8,14,16-17H,5-6,9-13,19H2,1H3. The van der Waals surface area contributed by atoms with E-state index < -0.39 is 0 Å². The van der Waals surface area contributed by atoms with Gasteiger partial charge < -0.3 is 10.6 Å². The van der Waals surface area contributed by atoms with Crippen molar-refractivity contribution < 1.29 is 4.79 Å². The third kappa shape index (κ3) is 3.33. The highest BCUT2D eigenvalue weighted by molar-refractivity contribution is 5.77. The Labute approximate surface area is 133 Å². The molecule has 0 radical (unpaired) electrons. The molecule has 4 nitrogen and oxygen atoms in total. The van der Waals surface area contributed by atoms with E-state index in [4.69, 9.17) is 5.73 Å². The first-order valence-electron chi connectivity index (χ1n) is 8.49. The Morgan fingerprint density at radius 1 is 1.27 bits per heavy atom. The summed E-state index contributed by atoms with van der Waals surface area (Å²) in [6.07, 6.45) is 4.22. The maximum Gasteiger partial charge on any atom is 0.224 e. The molecule has 3 atom stereocenters. The number of fused-ring (bicyclic) bond motifs is 1. The highest BCUT2D eigenvalue weighted by Crippen LogP contribution is 2.25. The average molecular weight is 301 g/mol. The molecule has 0 bridgehead atoms. The molecule has 0 saturated carbocycles. The first-order valence-corrected chi connectivity index (χ1v) is 8.49. The molecule has 2 aliphatic rings. The number of carbonyl (C=O) groups is 1. The molecule has 2 heterocycles. The number of benzene rings is 1. The zero-order chi connectivity index (χ0) is 15.5. The fourth-order valence-corrected chi connectivity index (χ4v) is 3.82. The van der Waals surface area contributed by atoms with Gasteiger partial charge in [-0.3, -0.25) is 9.69 Å². The van der Waals surface area contributed by atoms with Crippen LogP contribution in [0.25, 0.3) is 0 Å². The Morgan fingerprint density at radius 2 is 2.05 bits per heavy atom. The largest absolute Gasteiger partial charge is 0.337 e. The van der Waals surface area contributed by atoms with Crippen LogP contribution in [0.5, 0.6) is 0 Å². The molecule has 0 aliphatic carbocycles. The second kappa shape index (κ2) is 6.80. The number of piperazine rings is 1. The predicted molar refractivity (Wildman–Crippen MR) is 88.4 cm³/mol. The van der Waals surface area contributed by atoms with Crippen LogP contribution in [0.1, 0.15) is 44.2 Å². The predicted octanol–water partition coefficient (Wildman–Crippen LogP) is 2.16. The van der Waals surface area contributed by atoms with Crippen molar-refractivity contribution in [2.24, 2.45) is 5.73 Å². The third-order valence-electron chi connectivity index (χ3n) is 5.13. The van der Waals surface area contributed by atoms with Crippen molar-refractivity contribution in [3.63, 3.8) is 0 Å². The highest BCUT2D eigenvalue weighted by Gasteiger charge is 2.35. The molecule has 0 spiro atoms. The lowest BCUT2D eigenvalue weighted by Crippen LogP contribution is -2.60. The Balaban J connectivity index is 1.62. The number of rotatable bonds is 3. The second-order valence-corrected chi connectivity index (χ2v) is 6.76. The normalized spacial score (nSPS) is 27.3. The van der Waals surface area contributed by atoms with E-state index in [-0.39, 0.29) is 11.9 Å². The highest BCUT2D eigenvalue weighted by atomic mass is 16.2. The molecule has 4 heteroatoms. The molecule has 3 rings (SSSR count). The Bertz CT molecular complexity index is 504. The molecule has 120 valence electrons. The minimum atomic E-state index is -0.203. The lowest BCUT2D eigenvalue weighted by Gasteiger charge is -2.47. The average Bonchev–Trinajstić information content (AvgIpc) is 2.54. The molecule has 1 aromatic rings. The summed E-state index contributed by atoms with van der Waals surface area (Å²) in [5, 5.41) is 0. The van der Waals surface area contributed by atoms with Crippen LogP contribution in [0.2, 0.25) is 0 Å². The number of hydrogen-bond donors (Lipinski definition) is 1. The molecule has 0 aromatic heterocycles. The number of nitrogens with zero attached hydrogens (tertiary/aromatic N) is 2. The van der Waals surface area contributed by atoms with E-state index >= 15 is 0 Å². The van der Waals surface area contributed by atoms with Crippen molar-refractivity contribution in [2.45, 2.75) is 50.7 Å². The number of carbonyl (C=O) groups excluding carboxylic acids is 1. The summed E-state index contributed by atoms with van der Waals surface area (Å²) in [6, 6.07) is 10.6. The summed E-state index contributed by atoms with van der Waals surface area (Å²) in [5.41, 5.74) is 7.26. The summed E-state index contributed by atoms with van der Waals surface area (Å²) >= 11 is 0. The van der Waals surface area contributed by atoms with Gasteiger partial charge in [0.2, 0.25) is 5.91 Å². The third-order valence-corrected chi connectivity index (χ3v) is 5.13. The van der Waals surface area contributed by atoms with Crippen molar-refractivity contribution in [1.29, 1.82) is 0 Å². The lowest BCUT2D eigenvalue weighted by molar-refractivity contribution is -0.138. The second-order valence-electron chi connectivity index (χ2n) is 6.76. The van der Waals surface area contributed by atoms with Gasteiger partial charge in [-0.15, -0.1) is 0 Å². The quantitative estimate of drug-likeness (QED) is 0.931. The molecule has 2 fully saturated rings. The fourth-order valence-electron chi connectivity index (χ4n) is 3.82. The first kappa shape index (κ1) is 15.5. The monoisotopic (exact) mass is 301 g/mol. The molecule has 1 aromatic carbocycles. The van der Waals surface area contributed by atoms with E-state index in [1.165, 1.54) is 25.8 Å². The Hall–Kier alpha value is -1.39. The van der Waals surface area contributed by atoms with Crippen LogP contribution in [-0.2, 0) is 4.79 Å². The summed E-state index contributed by atoms with van der Waals surface area (Å²) in [5.74, 6) is 0.203. The zero-order valence-electron chi connectivity index (χ0n) is 13.4. The number of nitrogens with two attached hydrogens (primary N) is 1. The summed E-state index contributed by atoms with van der Waals surface area (Å²) in [4.78, 5) is 17.3. The molecule has 22 heavy (non-hydrogen) atoms. The van der Waals surface area contributed by atoms with E-state index in [2.05, 4.69) is 16.7 Å². The van der Waals surface area contributed by atoms with Gasteiger partial charge >= 0.3 is 0 Å². The van der Waals surface area contributed by atoms with Gasteiger partial charge in [0.25, 0.3) is 0 Å². The first-order chi connectivity index (χ1) is 10.6. The fraction of sp³-hybridized carbons (Fsp3) is 0.611. The summed E-state index contributed by atoms with van der Waals surface area (Å²) in [7, 11) is 0. The van der Waals surface area contributed by atoms with Crippen molar-refractivity contribution in [3.05, 3.63) is 35.9 Å². The Kier molecular flexibility index (Phi) is 4.79. The van der Waals surface area contributed by atoms with Gasteiger partial charge in [0, 0.05) is 37.6 Å². The van der Waals surface area contributed by atoms with Crippen LogP contribution in [0.15, 0.2) is 30.3 Å². The van der Waals surface area contributed by atoms with E-state index in [1.807, 2.05) is 30.3 Å². The summed E-state index contributed by atoms with van der Waals surface area (Å²) in [6.45, 7) is 5.25. The SMILES string of the molecule is CC1CN2CCCCC2CN1C(=O)CC(N)c1ccccc1. The Morgan fingerprint density at radius 3 is 2.82 bits per heavy atom. The van der Waals surface area contributed by atoms with Crippen molar-refractivity contribution in [2.75, 3.05) is 19.6 Å². The summed E-state index contributed by atoms with van der Waals surface area (Å²) < 4.78 is 0. The van der Waals surface area contributed by atoms with Gasteiger partial charge in [0.15, 0.2) is 0 Å². The van der Waals surface area contributed by atoms with E-state index in [1.54, 1.807) is 0 Å². The van der Waals surface area contributed by atoms with E-state index in [9.17, 15) is 4.79 Å². The van der Waals surface area contributed by atoms with Crippen LogP contribution < -0.4 is 5.73 Å². The number of piperidine rings is 1. The van der Waals surface area contributed by atoms with Crippen molar-refractivity contribution in [1.82, 2.24) is 9.80 Å². The van der Waals surface area contributed by atoms with Crippen molar-refractivity contribution in [3.8, 4) is 0 Å². The van der Waals surface area contributed by atoms with Gasteiger partial charge in [-0.25, -0.2) is 0 Å². The van der Waals surface area contributed by atoms with Crippen LogP contribution in [0.4, 0.5) is 0 Å². The van der Waals surface area contributed by atoms with Gasteiger partial charge in [0.1, 0.15) is 0 Å². The maximum atomic E-state index is 12.7. The van der Waals surface area contributed by atoms with Crippen molar-refractivity contribution >= 4 is 5.91 Å². The van der Waals surface area contributed by atoms with Crippen LogP contribution in [0.3, 0.4) is 0 Å². The maximum absolute atomic E-state index is 12.7. The zero-order valence-corrected chi connectivity index (χ0v) is 13.4. The van der Waals surface area contributed by atoms with Crippen LogP contribution in [0, 0.1) is 0 Å².